The van der Waals surface area contributed by atoms with Crippen LogP contribution in [-0.2, 0) is 0 Å². The Morgan fingerprint density at radius 2 is 2.38 bits per heavy atom. The summed E-state index contributed by atoms with van der Waals surface area (Å²) in [5.74, 6) is -0.150. The maximum Gasteiger partial charge on any atom is 0.125 e. The molecule has 2 nitrogen and oxygen atoms in total. The Balaban J connectivity index is 2.12. The van der Waals surface area contributed by atoms with Crippen LogP contribution < -0.4 is 10.2 Å². The fourth-order valence-electron chi connectivity index (χ4n) is 2.18. The van der Waals surface area contributed by atoms with Crippen molar-refractivity contribution in [1.82, 2.24) is 5.32 Å². The smallest absolute Gasteiger partial charge is 0.125 e. The lowest BCUT2D eigenvalue weighted by Gasteiger charge is -2.25. The molecule has 1 N–H and O–H groups in total. The van der Waals surface area contributed by atoms with E-state index in [2.05, 4.69) is 17.1 Å². The Hall–Kier alpha value is -1.09. The molecule has 1 fully saturated rings. The lowest BCUT2D eigenvalue weighted by Crippen LogP contribution is -2.37. The van der Waals surface area contributed by atoms with Crippen LogP contribution in [-0.4, -0.2) is 25.7 Å². The first kappa shape index (κ1) is 11.4. The van der Waals surface area contributed by atoms with Crippen LogP contribution in [0.15, 0.2) is 24.3 Å². The van der Waals surface area contributed by atoms with Gasteiger partial charge in [0.2, 0.25) is 0 Å². The van der Waals surface area contributed by atoms with Gasteiger partial charge in [0.25, 0.3) is 0 Å². The van der Waals surface area contributed by atoms with Crippen LogP contribution in [0, 0.1) is 5.82 Å². The molecule has 3 heteroatoms. The van der Waals surface area contributed by atoms with Crippen molar-refractivity contribution in [2.75, 3.05) is 24.5 Å². The van der Waals surface area contributed by atoms with Gasteiger partial charge in [-0.1, -0.05) is 13.0 Å². The zero-order valence-corrected chi connectivity index (χ0v) is 9.75. The number of halogens is 1. The van der Waals surface area contributed by atoms with E-state index in [1.54, 1.807) is 12.1 Å². The van der Waals surface area contributed by atoms with E-state index in [0.29, 0.717) is 6.04 Å². The van der Waals surface area contributed by atoms with Crippen LogP contribution in [0.1, 0.15) is 19.8 Å². The number of hydrogen-bond donors (Lipinski definition) is 1. The zero-order valence-electron chi connectivity index (χ0n) is 9.75. The highest BCUT2D eigenvalue weighted by atomic mass is 19.1. The molecule has 1 unspecified atom stereocenters. The molecule has 88 valence electrons. The van der Waals surface area contributed by atoms with E-state index < -0.39 is 0 Å². The molecule has 2 rings (SSSR count). The third-order valence-electron chi connectivity index (χ3n) is 3.14. The Bertz CT molecular complexity index is 340. The summed E-state index contributed by atoms with van der Waals surface area (Å²) < 4.78 is 13.2. The second-order valence-electron chi connectivity index (χ2n) is 4.34. The van der Waals surface area contributed by atoms with E-state index in [1.165, 1.54) is 6.07 Å². The number of rotatable bonds is 2. The van der Waals surface area contributed by atoms with E-state index >= 15 is 0 Å². The quantitative estimate of drug-likeness (QED) is 0.826. The second-order valence-corrected chi connectivity index (χ2v) is 4.34. The molecule has 1 aromatic carbocycles. The average Bonchev–Trinajstić information content (AvgIpc) is 2.54. The van der Waals surface area contributed by atoms with Gasteiger partial charge in [-0.2, -0.15) is 0 Å². The summed E-state index contributed by atoms with van der Waals surface area (Å²) in [6, 6.07) is 7.41. The molecule has 0 aliphatic carbocycles. The largest absolute Gasteiger partial charge is 0.370 e. The number of hydrogen-bond acceptors (Lipinski definition) is 2. The van der Waals surface area contributed by atoms with Gasteiger partial charge in [0.05, 0.1) is 0 Å². The van der Waals surface area contributed by atoms with E-state index in [-0.39, 0.29) is 5.82 Å². The second kappa shape index (κ2) is 5.30. The molecule has 1 heterocycles. The molecule has 0 spiro atoms. The highest BCUT2D eigenvalue weighted by molar-refractivity contribution is 5.46. The van der Waals surface area contributed by atoms with E-state index in [0.717, 1.165) is 38.2 Å². The Labute approximate surface area is 96.5 Å². The van der Waals surface area contributed by atoms with Gasteiger partial charge in [-0.15, -0.1) is 0 Å². The Morgan fingerprint density at radius 1 is 1.50 bits per heavy atom. The molecule has 1 aliphatic heterocycles. The molecular formula is C13H19FN2. The van der Waals surface area contributed by atoms with Crippen LogP contribution in [0.4, 0.5) is 10.1 Å². The highest BCUT2D eigenvalue weighted by Crippen LogP contribution is 2.17. The van der Waals surface area contributed by atoms with Crippen molar-refractivity contribution in [2.45, 2.75) is 25.8 Å². The summed E-state index contributed by atoms with van der Waals surface area (Å²) in [6.45, 7) is 5.23. The van der Waals surface area contributed by atoms with E-state index in [4.69, 9.17) is 0 Å². The van der Waals surface area contributed by atoms with Crippen LogP contribution in [0.5, 0.6) is 0 Å². The number of benzene rings is 1. The first-order valence-electron chi connectivity index (χ1n) is 6.03. The summed E-state index contributed by atoms with van der Waals surface area (Å²) in [5.41, 5.74) is 1.00. The summed E-state index contributed by atoms with van der Waals surface area (Å²) in [5, 5.41) is 3.51. The maximum atomic E-state index is 13.2. The van der Waals surface area contributed by atoms with E-state index in [9.17, 15) is 4.39 Å². The lowest BCUT2D eigenvalue weighted by molar-refractivity contribution is 0.528. The summed E-state index contributed by atoms with van der Waals surface area (Å²) in [7, 11) is 0. The van der Waals surface area contributed by atoms with E-state index in [1.807, 2.05) is 6.07 Å². The number of nitrogens with one attached hydrogen (secondary N) is 1. The minimum atomic E-state index is -0.150. The van der Waals surface area contributed by atoms with Crippen LogP contribution in [0.25, 0.3) is 0 Å². The van der Waals surface area contributed by atoms with Crippen LogP contribution in [0.2, 0.25) is 0 Å². The van der Waals surface area contributed by atoms with Crippen molar-refractivity contribution >= 4 is 5.69 Å². The summed E-state index contributed by atoms with van der Waals surface area (Å²) in [4.78, 5) is 2.28. The number of anilines is 1. The minimum absolute atomic E-state index is 0.150. The molecular weight excluding hydrogens is 203 g/mol. The molecule has 1 aromatic rings. The Morgan fingerprint density at radius 3 is 3.12 bits per heavy atom. The zero-order chi connectivity index (χ0) is 11.4. The van der Waals surface area contributed by atoms with Crippen LogP contribution >= 0.6 is 0 Å². The molecule has 16 heavy (non-hydrogen) atoms. The topological polar surface area (TPSA) is 15.3 Å². The molecule has 0 saturated carbocycles. The van der Waals surface area contributed by atoms with Gasteiger partial charge in [-0.05, 0) is 37.6 Å². The molecule has 0 bridgehead atoms. The van der Waals surface area contributed by atoms with Crippen molar-refractivity contribution in [3.8, 4) is 0 Å². The fraction of sp³-hybridized carbons (Fsp3) is 0.538. The summed E-state index contributed by atoms with van der Waals surface area (Å²) in [6.07, 6.45) is 2.23. The van der Waals surface area contributed by atoms with Crippen molar-refractivity contribution in [2.24, 2.45) is 0 Å². The SMILES string of the molecule is CCC1CN(c2cccc(F)c2)CCCN1. The lowest BCUT2D eigenvalue weighted by atomic mass is 10.2. The molecule has 0 amide bonds. The molecule has 0 aromatic heterocycles. The first-order chi connectivity index (χ1) is 7.79. The average molecular weight is 222 g/mol. The molecule has 1 aliphatic rings. The van der Waals surface area contributed by atoms with Crippen molar-refractivity contribution in [3.05, 3.63) is 30.1 Å². The fourth-order valence-corrected chi connectivity index (χ4v) is 2.18. The molecule has 1 saturated heterocycles. The van der Waals surface area contributed by atoms with Crippen LogP contribution in [0.3, 0.4) is 0 Å². The van der Waals surface area contributed by atoms with Crippen molar-refractivity contribution in [1.29, 1.82) is 0 Å². The summed E-state index contributed by atoms with van der Waals surface area (Å²) >= 11 is 0. The normalized spacial score (nSPS) is 21.9. The number of nitrogens with zero attached hydrogens (tertiary/aromatic N) is 1. The van der Waals surface area contributed by atoms with Crippen molar-refractivity contribution in [3.63, 3.8) is 0 Å². The van der Waals surface area contributed by atoms with Gasteiger partial charge < -0.3 is 10.2 Å². The monoisotopic (exact) mass is 222 g/mol. The molecule has 1 atom stereocenters. The third kappa shape index (κ3) is 2.73. The standard InChI is InChI=1S/C13H19FN2/c1-2-12-10-16(8-4-7-15-12)13-6-3-5-11(14)9-13/h3,5-6,9,12,15H,2,4,7-8,10H2,1H3. The third-order valence-corrected chi connectivity index (χ3v) is 3.14. The van der Waals surface area contributed by atoms with Crippen molar-refractivity contribution < 1.29 is 4.39 Å². The Kier molecular flexibility index (Phi) is 3.78. The van der Waals surface area contributed by atoms with Gasteiger partial charge in [0, 0.05) is 24.8 Å². The van der Waals surface area contributed by atoms with Gasteiger partial charge >= 0.3 is 0 Å². The van der Waals surface area contributed by atoms with Gasteiger partial charge in [0.15, 0.2) is 0 Å². The predicted octanol–water partition coefficient (Wildman–Crippen LogP) is 2.40. The maximum absolute atomic E-state index is 13.2. The molecule has 0 radical (unpaired) electrons. The van der Waals surface area contributed by atoms with Gasteiger partial charge in [-0.3, -0.25) is 0 Å². The van der Waals surface area contributed by atoms with Gasteiger partial charge in [-0.25, -0.2) is 4.39 Å². The first-order valence-corrected chi connectivity index (χ1v) is 6.03. The van der Waals surface area contributed by atoms with Gasteiger partial charge in [0.1, 0.15) is 5.82 Å². The minimum Gasteiger partial charge on any atom is -0.370 e. The highest BCUT2D eigenvalue weighted by Gasteiger charge is 2.16. The predicted molar refractivity (Wildman–Crippen MR) is 65.3 cm³/mol.